The van der Waals surface area contributed by atoms with Crippen molar-refractivity contribution in [2.24, 2.45) is 5.92 Å². The number of hydrogen-bond acceptors (Lipinski definition) is 3. The van der Waals surface area contributed by atoms with Crippen molar-refractivity contribution in [3.05, 3.63) is 29.6 Å². The highest BCUT2D eigenvalue weighted by Crippen LogP contribution is 2.34. The topological polar surface area (TPSA) is 49.8 Å². The van der Waals surface area contributed by atoms with Crippen LogP contribution >= 0.6 is 0 Å². The molecule has 1 aromatic carbocycles. The molecule has 1 atom stereocenters. The lowest BCUT2D eigenvalue weighted by molar-refractivity contribution is -0.138. The largest absolute Gasteiger partial charge is 0.496 e. The molecule has 0 amide bonds. The molecule has 1 aliphatic heterocycles. The van der Waals surface area contributed by atoms with Crippen molar-refractivity contribution in [2.75, 3.05) is 20.2 Å². The minimum Gasteiger partial charge on any atom is -0.496 e. The normalized spacial score (nSPS) is 18.4. The van der Waals surface area contributed by atoms with Crippen LogP contribution in [0.2, 0.25) is 0 Å². The number of nitrogens with zero attached hydrogens (tertiary/aromatic N) is 1. The van der Waals surface area contributed by atoms with E-state index >= 15 is 0 Å². The molecule has 0 bridgehead atoms. The van der Waals surface area contributed by atoms with Crippen LogP contribution in [0.4, 0.5) is 4.39 Å². The summed E-state index contributed by atoms with van der Waals surface area (Å²) in [4.78, 5) is 12.9. The number of ether oxygens (including phenoxy) is 1. The molecule has 5 heteroatoms. The van der Waals surface area contributed by atoms with Gasteiger partial charge in [0.05, 0.1) is 7.11 Å². The van der Waals surface area contributed by atoms with Gasteiger partial charge in [0.25, 0.3) is 0 Å². The molecule has 116 valence electrons. The van der Waals surface area contributed by atoms with Gasteiger partial charge in [-0.1, -0.05) is 6.07 Å². The number of carboxylic acid groups (broad SMARTS) is 1. The molecule has 0 radical (unpaired) electrons. The number of halogens is 1. The highest BCUT2D eigenvalue weighted by Gasteiger charge is 2.27. The van der Waals surface area contributed by atoms with Crippen LogP contribution in [0.1, 0.15) is 37.8 Å². The maximum atomic E-state index is 14.1. The first-order valence-electron chi connectivity index (χ1n) is 7.31. The van der Waals surface area contributed by atoms with E-state index in [0.29, 0.717) is 11.3 Å². The fourth-order valence-corrected chi connectivity index (χ4v) is 3.07. The van der Waals surface area contributed by atoms with Crippen LogP contribution in [-0.2, 0) is 4.79 Å². The van der Waals surface area contributed by atoms with E-state index in [0.717, 1.165) is 25.9 Å². The summed E-state index contributed by atoms with van der Waals surface area (Å²) < 4.78 is 19.4. The average Bonchev–Trinajstić information content (AvgIpc) is 2.46. The highest BCUT2D eigenvalue weighted by atomic mass is 19.1. The molecule has 1 saturated heterocycles. The maximum Gasteiger partial charge on any atom is 0.303 e. The molecular weight excluding hydrogens is 273 g/mol. The van der Waals surface area contributed by atoms with E-state index in [1.165, 1.54) is 6.07 Å². The van der Waals surface area contributed by atoms with Crippen molar-refractivity contribution < 1.29 is 19.0 Å². The van der Waals surface area contributed by atoms with Gasteiger partial charge in [0.2, 0.25) is 0 Å². The number of aliphatic carboxylic acids is 1. The Morgan fingerprint density at radius 1 is 1.48 bits per heavy atom. The third kappa shape index (κ3) is 3.73. The summed E-state index contributed by atoms with van der Waals surface area (Å²) in [6.45, 7) is 3.55. The van der Waals surface area contributed by atoms with Crippen LogP contribution in [0.15, 0.2) is 18.2 Å². The molecule has 0 saturated carbocycles. The molecule has 4 nitrogen and oxygen atoms in total. The van der Waals surface area contributed by atoms with Gasteiger partial charge in [-0.05, 0) is 50.9 Å². The van der Waals surface area contributed by atoms with E-state index in [-0.39, 0.29) is 24.2 Å². The Bertz CT molecular complexity index is 498. The molecular formula is C16H22FNO3. The summed E-state index contributed by atoms with van der Waals surface area (Å²) in [5.74, 6) is -0.199. The fraction of sp³-hybridized carbons (Fsp3) is 0.562. The van der Waals surface area contributed by atoms with Gasteiger partial charge in [0, 0.05) is 18.0 Å². The Hall–Kier alpha value is -1.62. The highest BCUT2D eigenvalue weighted by molar-refractivity contribution is 5.67. The summed E-state index contributed by atoms with van der Waals surface area (Å²) in [5, 5.41) is 8.84. The number of benzene rings is 1. The Balaban J connectivity index is 2.05. The van der Waals surface area contributed by atoms with Crippen LogP contribution in [0.5, 0.6) is 5.75 Å². The average molecular weight is 295 g/mol. The van der Waals surface area contributed by atoms with Crippen molar-refractivity contribution in [2.45, 2.75) is 32.2 Å². The third-order valence-electron chi connectivity index (χ3n) is 4.31. The van der Waals surface area contributed by atoms with E-state index in [9.17, 15) is 9.18 Å². The molecule has 1 heterocycles. The van der Waals surface area contributed by atoms with Crippen molar-refractivity contribution in [3.8, 4) is 5.75 Å². The van der Waals surface area contributed by atoms with Gasteiger partial charge in [0.1, 0.15) is 11.6 Å². The zero-order valence-electron chi connectivity index (χ0n) is 12.5. The second-order valence-corrected chi connectivity index (χ2v) is 5.61. The summed E-state index contributed by atoms with van der Waals surface area (Å²) in [7, 11) is 1.55. The number of rotatable bonds is 5. The summed E-state index contributed by atoms with van der Waals surface area (Å²) in [6.07, 6.45) is 1.91. The van der Waals surface area contributed by atoms with Crippen LogP contribution < -0.4 is 4.74 Å². The van der Waals surface area contributed by atoms with E-state index in [1.54, 1.807) is 19.2 Å². The summed E-state index contributed by atoms with van der Waals surface area (Å²) in [6, 6.07) is 4.79. The number of likely N-dealkylation sites (tertiary alicyclic amines) is 1. The molecule has 0 aromatic heterocycles. The Labute approximate surface area is 124 Å². The minimum atomic E-state index is -0.739. The van der Waals surface area contributed by atoms with E-state index in [4.69, 9.17) is 9.84 Å². The zero-order valence-corrected chi connectivity index (χ0v) is 12.5. The Morgan fingerprint density at radius 3 is 2.71 bits per heavy atom. The molecule has 1 N–H and O–H groups in total. The van der Waals surface area contributed by atoms with E-state index in [1.807, 2.05) is 6.92 Å². The van der Waals surface area contributed by atoms with Crippen LogP contribution in [0, 0.1) is 11.7 Å². The van der Waals surface area contributed by atoms with Gasteiger partial charge >= 0.3 is 5.97 Å². The summed E-state index contributed by atoms with van der Waals surface area (Å²) >= 11 is 0. The molecule has 1 unspecified atom stereocenters. The third-order valence-corrected chi connectivity index (χ3v) is 4.31. The summed E-state index contributed by atoms with van der Waals surface area (Å²) in [5.41, 5.74) is 0.580. The predicted octanol–water partition coefficient (Wildman–Crippen LogP) is 3.08. The van der Waals surface area contributed by atoms with Gasteiger partial charge in [0.15, 0.2) is 0 Å². The molecule has 0 aliphatic carbocycles. The van der Waals surface area contributed by atoms with Gasteiger partial charge in [-0.25, -0.2) is 4.39 Å². The number of methoxy groups -OCH3 is 1. The van der Waals surface area contributed by atoms with Crippen molar-refractivity contribution in [1.82, 2.24) is 4.90 Å². The molecule has 1 aliphatic rings. The van der Waals surface area contributed by atoms with Crippen molar-refractivity contribution >= 4 is 5.97 Å². The van der Waals surface area contributed by atoms with Crippen molar-refractivity contribution in [3.63, 3.8) is 0 Å². The lowest BCUT2D eigenvalue weighted by atomic mass is 9.92. The lowest BCUT2D eigenvalue weighted by Gasteiger charge is -2.36. The van der Waals surface area contributed by atoms with Gasteiger partial charge in [-0.2, -0.15) is 0 Å². The molecule has 1 fully saturated rings. The van der Waals surface area contributed by atoms with Gasteiger partial charge in [-0.15, -0.1) is 0 Å². The first kappa shape index (κ1) is 15.8. The molecule has 21 heavy (non-hydrogen) atoms. The first-order chi connectivity index (χ1) is 10.0. The van der Waals surface area contributed by atoms with Crippen molar-refractivity contribution in [1.29, 1.82) is 0 Å². The predicted molar refractivity (Wildman–Crippen MR) is 77.9 cm³/mol. The minimum absolute atomic E-state index is 0.0769. The number of carboxylic acids is 1. The van der Waals surface area contributed by atoms with Gasteiger partial charge in [-0.3, -0.25) is 9.69 Å². The van der Waals surface area contributed by atoms with Crippen LogP contribution in [-0.4, -0.2) is 36.2 Å². The van der Waals surface area contributed by atoms with Crippen LogP contribution in [0.3, 0.4) is 0 Å². The number of hydrogen-bond donors (Lipinski definition) is 1. The van der Waals surface area contributed by atoms with Gasteiger partial charge < -0.3 is 9.84 Å². The van der Waals surface area contributed by atoms with E-state index in [2.05, 4.69) is 4.90 Å². The monoisotopic (exact) mass is 295 g/mol. The fourth-order valence-electron chi connectivity index (χ4n) is 3.07. The molecule has 0 spiro atoms. The SMILES string of the molecule is COc1cccc(F)c1C(C)N1CCC(CC(=O)O)CC1. The van der Waals surface area contributed by atoms with Crippen LogP contribution in [0.25, 0.3) is 0 Å². The van der Waals surface area contributed by atoms with E-state index < -0.39 is 5.97 Å². The lowest BCUT2D eigenvalue weighted by Crippen LogP contribution is -2.36. The Kier molecular flexibility index (Phi) is 5.17. The number of carbonyl (C=O) groups is 1. The smallest absolute Gasteiger partial charge is 0.303 e. The molecule has 2 rings (SSSR count). The quantitative estimate of drug-likeness (QED) is 0.907. The standard InChI is InChI=1S/C16H22FNO3/c1-11(16-13(17)4-3-5-14(16)21-2)18-8-6-12(7-9-18)10-15(19)20/h3-5,11-12H,6-10H2,1-2H3,(H,19,20). The second kappa shape index (κ2) is 6.89. The zero-order chi connectivity index (χ0) is 15.4. The Morgan fingerprint density at radius 2 is 2.14 bits per heavy atom. The maximum absolute atomic E-state index is 14.1. The molecule has 1 aromatic rings. The first-order valence-corrected chi connectivity index (χ1v) is 7.31. The second-order valence-electron chi connectivity index (χ2n) is 5.61. The number of piperidine rings is 1.